The van der Waals surface area contributed by atoms with Crippen LogP contribution in [0.5, 0.6) is 0 Å². The number of hydrogen-bond acceptors (Lipinski definition) is 2. The van der Waals surface area contributed by atoms with Crippen molar-refractivity contribution >= 4 is 0 Å². The standard InChI is InChI=1S/C4H8O2.Na.H/c1-2-6-4-3-5;;/h2,5H,1,3-4H2;;/q;+1;-1. The van der Waals surface area contributed by atoms with E-state index in [1.807, 2.05) is 0 Å². The molecule has 0 aromatic rings. The van der Waals surface area contributed by atoms with E-state index in [0.29, 0.717) is 6.61 Å². The van der Waals surface area contributed by atoms with Gasteiger partial charge in [-0.05, 0) is 0 Å². The summed E-state index contributed by atoms with van der Waals surface area (Å²) in [5, 5.41) is 8.02. The maximum Gasteiger partial charge on any atom is 1.00 e. The third kappa shape index (κ3) is 10.7. The van der Waals surface area contributed by atoms with Crippen molar-refractivity contribution < 1.29 is 40.8 Å². The van der Waals surface area contributed by atoms with E-state index < -0.39 is 0 Å². The second-order valence-electron chi connectivity index (χ2n) is 0.761. The van der Waals surface area contributed by atoms with Gasteiger partial charge < -0.3 is 11.3 Å². The normalized spacial score (nSPS) is 6.43. The van der Waals surface area contributed by atoms with Crippen LogP contribution in [-0.2, 0) is 4.74 Å². The SMILES string of the molecule is C=COCCO.[H-].[Na+]. The predicted molar refractivity (Wildman–Crippen MR) is 24.3 cm³/mol. The van der Waals surface area contributed by atoms with Crippen molar-refractivity contribution in [1.29, 1.82) is 0 Å². The fraction of sp³-hybridized carbons (Fsp3) is 0.500. The Balaban J connectivity index is -0.000000125. The Kier molecular flexibility index (Phi) is 14.5. The predicted octanol–water partition coefficient (Wildman–Crippen LogP) is -2.74. The Bertz CT molecular complexity index is 43.0. The van der Waals surface area contributed by atoms with E-state index in [0.717, 1.165) is 0 Å². The minimum absolute atomic E-state index is 0. The van der Waals surface area contributed by atoms with Crippen LogP contribution in [0.15, 0.2) is 12.8 Å². The van der Waals surface area contributed by atoms with Gasteiger partial charge in [0.1, 0.15) is 6.61 Å². The van der Waals surface area contributed by atoms with E-state index in [4.69, 9.17) is 5.11 Å². The molecule has 0 heterocycles. The Morgan fingerprint density at radius 3 is 2.57 bits per heavy atom. The molecule has 1 N–H and O–H groups in total. The summed E-state index contributed by atoms with van der Waals surface area (Å²) in [7, 11) is 0. The van der Waals surface area contributed by atoms with Gasteiger partial charge in [0, 0.05) is 0 Å². The topological polar surface area (TPSA) is 29.5 Å². The molecule has 0 atom stereocenters. The molecule has 0 bridgehead atoms. The minimum atomic E-state index is 0. The second kappa shape index (κ2) is 9.71. The van der Waals surface area contributed by atoms with E-state index >= 15 is 0 Å². The Labute approximate surface area is 67.0 Å². The summed E-state index contributed by atoms with van der Waals surface area (Å²) in [6.07, 6.45) is 1.30. The van der Waals surface area contributed by atoms with Gasteiger partial charge in [-0.2, -0.15) is 0 Å². The maximum atomic E-state index is 8.02. The molecule has 0 spiro atoms. The maximum absolute atomic E-state index is 8.02. The Hall–Kier alpha value is 0.500. The molecule has 0 aromatic heterocycles. The number of aliphatic hydroxyl groups excluding tert-OH is 1. The summed E-state index contributed by atoms with van der Waals surface area (Å²) >= 11 is 0. The fourth-order valence-corrected chi connectivity index (χ4v) is 0.136. The van der Waals surface area contributed by atoms with Gasteiger partial charge in [0.15, 0.2) is 0 Å². The second-order valence-corrected chi connectivity index (χ2v) is 0.761. The zero-order chi connectivity index (χ0) is 4.83. The molecule has 3 heteroatoms. The molecule has 0 radical (unpaired) electrons. The van der Waals surface area contributed by atoms with Crippen molar-refractivity contribution in [2.75, 3.05) is 13.2 Å². The molecule has 0 aliphatic carbocycles. The number of hydrogen-bond donors (Lipinski definition) is 1. The van der Waals surface area contributed by atoms with Crippen molar-refractivity contribution in [1.82, 2.24) is 0 Å². The van der Waals surface area contributed by atoms with Gasteiger partial charge in [0.05, 0.1) is 12.9 Å². The van der Waals surface area contributed by atoms with Gasteiger partial charge in [0.25, 0.3) is 0 Å². The summed E-state index contributed by atoms with van der Waals surface area (Å²) in [5.41, 5.74) is 0. The van der Waals surface area contributed by atoms with E-state index in [2.05, 4.69) is 11.3 Å². The van der Waals surface area contributed by atoms with Crippen LogP contribution < -0.4 is 29.6 Å². The summed E-state index contributed by atoms with van der Waals surface area (Å²) < 4.78 is 4.50. The van der Waals surface area contributed by atoms with Gasteiger partial charge in [-0.3, -0.25) is 0 Å². The summed E-state index contributed by atoms with van der Waals surface area (Å²) in [6, 6.07) is 0. The molecular formula is C4H9NaO2. The zero-order valence-electron chi connectivity index (χ0n) is 5.55. The quantitative estimate of drug-likeness (QED) is 0.244. The molecule has 0 fully saturated rings. The monoisotopic (exact) mass is 112 g/mol. The Morgan fingerprint density at radius 1 is 1.86 bits per heavy atom. The van der Waals surface area contributed by atoms with Crippen LogP contribution in [0, 0.1) is 0 Å². The largest absolute Gasteiger partial charge is 1.00 e. The van der Waals surface area contributed by atoms with E-state index in [1.165, 1.54) is 6.26 Å². The van der Waals surface area contributed by atoms with Crippen LogP contribution in [0.4, 0.5) is 0 Å². The first-order valence-electron chi connectivity index (χ1n) is 1.75. The average molecular weight is 112 g/mol. The molecule has 0 aliphatic rings. The number of ether oxygens (including phenoxy) is 1. The van der Waals surface area contributed by atoms with Crippen LogP contribution in [-0.4, -0.2) is 18.3 Å². The molecular weight excluding hydrogens is 103 g/mol. The third-order valence-electron chi connectivity index (χ3n) is 0.327. The molecule has 0 unspecified atom stereocenters. The first-order valence-corrected chi connectivity index (χ1v) is 1.75. The summed E-state index contributed by atoms with van der Waals surface area (Å²) in [5.74, 6) is 0. The van der Waals surface area contributed by atoms with Crippen molar-refractivity contribution in [3.8, 4) is 0 Å². The van der Waals surface area contributed by atoms with Gasteiger partial charge in [-0.25, -0.2) is 0 Å². The van der Waals surface area contributed by atoms with E-state index in [1.54, 1.807) is 0 Å². The molecule has 7 heavy (non-hydrogen) atoms. The van der Waals surface area contributed by atoms with Crippen molar-refractivity contribution in [3.05, 3.63) is 12.8 Å². The molecule has 0 saturated heterocycles. The molecule has 38 valence electrons. The number of aliphatic hydroxyl groups is 1. The molecule has 0 saturated carbocycles. The van der Waals surface area contributed by atoms with Gasteiger partial charge in [-0.1, -0.05) is 6.58 Å². The fourth-order valence-electron chi connectivity index (χ4n) is 0.136. The van der Waals surface area contributed by atoms with Crippen molar-refractivity contribution in [2.24, 2.45) is 0 Å². The van der Waals surface area contributed by atoms with E-state index in [-0.39, 0.29) is 37.6 Å². The zero-order valence-corrected chi connectivity index (χ0v) is 6.55. The van der Waals surface area contributed by atoms with Crippen molar-refractivity contribution in [2.45, 2.75) is 0 Å². The number of rotatable bonds is 3. The molecule has 2 nitrogen and oxygen atoms in total. The molecule has 0 rings (SSSR count). The molecule has 0 aliphatic heterocycles. The van der Waals surface area contributed by atoms with E-state index in [9.17, 15) is 0 Å². The smallest absolute Gasteiger partial charge is 1.00 e. The van der Waals surface area contributed by atoms with Gasteiger partial charge >= 0.3 is 29.6 Å². The van der Waals surface area contributed by atoms with Gasteiger partial charge in [0.2, 0.25) is 0 Å². The first kappa shape index (κ1) is 10.5. The van der Waals surface area contributed by atoms with Crippen LogP contribution in [0.2, 0.25) is 0 Å². The van der Waals surface area contributed by atoms with Crippen molar-refractivity contribution in [3.63, 3.8) is 0 Å². The Morgan fingerprint density at radius 2 is 2.43 bits per heavy atom. The van der Waals surface area contributed by atoms with Crippen LogP contribution >= 0.6 is 0 Å². The van der Waals surface area contributed by atoms with Gasteiger partial charge in [-0.15, -0.1) is 0 Å². The van der Waals surface area contributed by atoms with Crippen LogP contribution in [0.3, 0.4) is 0 Å². The average Bonchev–Trinajstić information content (AvgIpc) is 1.61. The molecule has 0 amide bonds. The molecule has 0 aromatic carbocycles. The van der Waals surface area contributed by atoms with Crippen LogP contribution in [0.1, 0.15) is 1.43 Å². The summed E-state index contributed by atoms with van der Waals surface area (Å²) in [4.78, 5) is 0. The third-order valence-corrected chi connectivity index (χ3v) is 0.327. The summed E-state index contributed by atoms with van der Waals surface area (Å²) in [6.45, 7) is 3.68. The first-order chi connectivity index (χ1) is 2.91. The minimum Gasteiger partial charge on any atom is -1.00 e. The van der Waals surface area contributed by atoms with Crippen LogP contribution in [0.25, 0.3) is 0 Å².